The molecule has 0 aliphatic rings. The van der Waals surface area contributed by atoms with Gasteiger partial charge in [-0.05, 0) is 59.1 Å². The molecular formula is C17H17BrN2O. The van der Waals surface area contributed by atoms with Crippen LogP contribution < -0.4 is 10.1 Å². The summed E-state index contributed by atoms with van der Waals surface area (Å²) in [6, 6.07) is 14.1. The Hall–Kier alpha value is -1.99. The van der Waals surface area contributed by atoms with Crippen molar-refractivity contribution in [3.05, 3.63) is 57.6 Å². The van der Waals surface area contributed by atoms with Crippen molar-refractivity contribution in [3.8, 4) is 11.8 Å². The van der Waals surface area contributed by atoms with E-state index in [2.05, 4.69) is 34.2 Å². The standard InChI is InChI=1S/C17H17BrN2O/c1-11-5-4-6-16(14(11)10-19)20-12(2)13-7-8-17(21-3)15(18)9-13/h4-9,12,20H,1-3H3. The summed E-state index contributed by atoms with van der Waals surface area (Å²) in [4.78, 5) is 0. The molecule has 1 N–H and O–H groups in total. The topological polar surface area (TPSA) is 45.0 Å². The van der Waals surface area contributed by atoms with Crippen molar-refractivity contribution >= 4 is 21.6 Å². The zero-order valence-electron chi connectivity index (χ0n) is 12.3. The number of methoxy groups -OCH3 is 1. The highest BCUT2D eigenvalue weighted by Gasteiger charge is 2.11. The molecule has 0 heterocycles. The maximum atomic E-state index is 9.28. The van der Waals surface area contributed by atoms with Gasteiger partial charge in [0.2, 0.25) is 0 Å². The van der Waals surface area contributed by atoms with Gasteiger partial charge in [0.25, 0.3) is 0 Å². The molecular weight excluding hydrogens is 328 g/mol. The van der Waals surface area contributed by atoms with Crippen LogP contribution in [0.25, 0.3) is 0 Å². The van der Waals surface area contributed by atoms with Crippen molar-refractivity contribution in [2.75, 3.05) is 12.4 Å². The SMILES string of the molecule is COc1ccc(C(C)Nc2cccc(C)c2C#N)cc1Br. The number of nitrogens with zero attached hydrogens (tertiary/aromatic N) is 1. The number of hydrogen-bond donors (Lipinski definition) is 1. The first-order valence-corrected chi connectivity index (χ1v) is 7.45. The second-order valence-electron chi connectivity index (χ2n) is 4.87. The summed E-state index contributed by atoms with van der Waals surface area (Å²) in [5.41, 5.74) is 3.65. The number of anilines is 1. The average Bonchev–Trinajstić information content (AvgIpc) is 2.47. The molecule has 0 aliphatic heterocycles. The van der Waals surface area contributed by atoms with E-state index in [0.717, 1.165) is 27.0 Å². The molecule has 4 heteroatoms. The fourth-order valence-corrected chi connectivity index (χ4v) is 2.76. The number of rotatable bonds is 4. The lowest BCUT2D eigenvalue weighted by Gasteiger charge is -2.18. The Morgan fingerprint density at radius 3 is 2.67 bits per heavy atom. The summed E-state index contributed by atoms with van der Waals surface area (Å²) < 4.78 is 6.16. The van der Waals surface area contributed by atoms with E-state index in [1.165, 1.54) is 0 Å². The van der Waals surface area contributed by atoms with Crippen LogP contribution in [0, 0.1) is 18.3 Å². The minimum Gasteiger partial charge on any atom is -0.496 e. The molecule has 0 aromatic heterocycles. The van der Waals surface area contributed by atoms with Gasteiger partial charge >= 0.3 is 0 Å². The van der Waals surface area contributed by atoms with Gasteiger partial charge in [-0.15, -0.1) is 0 Å². The molecule has 0 fully saturated rings. The second-order valence-corrected chi connectivity index (χ2v) is 5.72. The Balaban J connectivity index is 2.26. The van der Waals surface area contributed by atoms with E-state index in [1.807, 2.05) is 43.3 Å². The van der Waals surface area contributed by atoms with Crippen molar-refractivity contribution in [2.45, 2.75) is 19.9 Å². The molecule has 0 aliphatic carbocycles. The van der Waals surface area contributed by atoms with Crippen molar-refractivity contribution in [2.24, 2.45) is 0 Å². The van der Waals surface area contributed by atoms with Crippen molar-refractivity contribution in [1.29, 1.82) is 5.26 Å². The average molecular weight is 345 g/mol. The summed E-state index contributed by atoms with van der Waals surface area (Å²) in [6.07, 6.45) is 0. The zero-order chi connectivity index (χ0) is 15.4. The van der Waals surface area contributed by atoms with Gasteiger partial charge in [0, 0.05) is 6.04 Å². The Kier molecular flexibility index (Phi) is 4.87. The van der Waals surface area contributed by atoms with Crippen LogP contribution in [0.5, 0.6) is 5.75 Å². The molecule has 1 unspecified atom stereocenters. The van der Waals surface area contributed by atoms with E-state index in [-0.39, 0.29) is 6.04 Å². The summed E-state index contributed by atoms with van der Waals surface area (Å²) >= 11 is 3.50. The molecule has 0 saturated carbocycles. The van der Waals surface area contributed by atoms with E-state index in [4.69, 9.17) is 4.74 Å². The minimum atomic E-state index is 0.0844. The first-order valence-electron chi connectivity index (χ1n) is 6.66. The lowest BCUT2D eigenvalue weighted by atomic mass is 10.0. The van der Waals surface area contributed by atoms with Crippen LogP contribution in [-0.4, -0.2) is 7.11 Å². The van der Waals surface area contributed by atoms with E-state index in [0.29, 0.717) is 5.56 Å². The molecule has 0 amide bonds. The predicted octanol–water partition coefficient (Wildman–Crippen LogP) is 4.81. The zero-order valence-corrected chi connectivity index (χ0v) is 13.9. The van der Waals surface area contributed by atoms with Gasteiger partial charge in [-0.1, -0.05) is 18.2 Å². The first-order chi connectivity index (χ1) is 10.1. The molecule has 2 aromatic rings. The van der Waals surface area contributed by atoms with Crippen molar-refractivity contribution in [1.82, 2.24) is 0 Å². The number of benzene rings is 2. The molecule has 2 rings (SSSR count). The summed E-state index contributed by atoms with van der Waals surface area (Å²) in [5, 5.41) is 12.7. The van der Waals surface area contributed by atoms with E-state index < -0.39 is 0 Å². The molecule has 2 aromatic carbocycles. The largest absolute Gasteiger partial charge is 0.496 e. The van der Waals surface area contributed by atoms with Crippen LogP contribution in [0.4, 0.5) is 5.69 Å². The van der Waals surface area contributed by atoms with E-state index in [9.17, 15) is 5.26 Å². The van der Waals surface area contributed by atoms with Crippen molar-refractivity contribution < 1.29 is 4.74 Å². The third-order valence-electron chi connectivity index (χ3n) is 3.43. The molecule has 21 heavy (non-hydrogen) atoms. The quantitative estimate of drug-likeness (QED) is 0.865. The monoisotopic (exact) mass is 344 g/mol. The molecule has 108 valence electrons. The lowest BCUT2D eigenvalue weighted by molar-refractivity contribution is 0.412. The fourth-order valence-electron chi connectivity index (χ4n) is 2.21. The Labute approximate surface area is 133 Å². The van der Waals surface area contributed by atoms with E-state index >= 15 is 0 Å². The highest BCUT2D eigenvalue weighted by atomic mass is 79.9. The van der Waals surface area contributed by atoms with Gasteiger partial charge in [0.1, 0.15) is 11.8 Å². The van der Waals surface area contributed by atoms with Crippen LogP contribution in [0.1, 0.15) is 29.7 Å². The molecule has 0 bridgehead atoms. The van der Waals surface area contributed by atoms with Gasteiger partial charge in [-0.2, -0.15) is 5.26 Å². The highest BCUT2D eigenvalue weighted by Crippen LogP contribution is 2.30. The van der Waals surface area contributed by atoms with Crippen molar-refractivity contribution in [3.63, 3.8) is 0 Å². The third-order valence-corrected chi connectivity index (χ3v) is 4.05. The van der Waals surface area contributed by atoms with Gasteiger partial charge in [0.05, 0.1) is 22.8 Å². The predicted molar refractivity (Wildman–Crippen MR) is 88.6 cm³/mol. The number of hydrogen-bond acceptors (Lipinski definition) is 3. The Morgan fingerprint density at radius 2 is 2.05 bits per heavy atom. The molecule has 0 radical (unpaired) electrons. The highest BCUT2D eigenvalue weighted by molar-refractivity contribution is 9.10. The number of ether oxygens (including phenoxy) is 1. The van der Waals surface area contributed by atoms with Gasteiger partial charge in [0.15, 0.2) is 0 Å². The number of nitrogens with one attached hydrogen (secondary N) is 1. The van der Waals surface area contributed by atoms with Gasteiger partial charge in [-0.25, -0.2) is 0 Å². The summed E-state index contributed by atoms with van der Waals surface area (Å²) in [5.74, 6) is 0.805. The van der Waals surface area contributed by atoms with Crippen LogP contribution in [0.3, 0.4) is 0 Å². The first kappa shape index (κ1) is 15.4. The molecule has 0 saturated heterocycles. The third kappa shape index (κ3) is 3.37. The normalized spacial score (nSPS) is 11.6. The van der Waals surface area contributed by atoms with Gasteiger partial charge in [-0.3, -0.25) is 0 Å². The summed E-state index contributed by atoms with van der Waals surface area (Å²) in [7, 11) is 1.65. The number of aryl methyl sites for hydroxylation is 1. The van der Waals surface area contributed by atoms with Crippen LogP contribution >= 0.6 is 15.9 Å². The Bertz CT molecular complexity index is 692. The van der Waals surface area contributed by atoms with E-state index in [1.54, 1.807) is 7.11 Å². The van der Waals surface area contributed by atoms with Crippen LogP contribution in [0.2, 0.25) is 0 Å². The molecule has 1 atom stereocenters. The molecule has 3 nitrogen and oxygen atoms in total. The lowest BCUT2D eigenvalue weighted by Crippen LogP contribution is -2.08. The fraction of sp³-hybridized carbons (Fsp3) is 0.235. The maximum Gasteiger partial charge on any atom is 0.133 e. The summed E-state index contributed by atoms with van der Waals surface area (Å²) in [6.45, 7) is 4.01. The molecule has 0 spiro atoms. The number of nitriles is 1. The van der Waals surface area contributed by atoms with Crippen LogP contribution in [0.15, 0.2) is 40.9 Å². The Morgan fingerprint density at radius 1 is 1.29 bits per heavy atom. The smallest absolute Gasteiger partial charge is 0.133 e. The maximum absolute atomic E-state index is 9.28. The van der Waals surface area contributed by atoms with Gasteiger partial charge < -0.3 is 10.1 Å². The second kappa shape index (κ2) is 6.64. The van der Waals surface area contributed by atoms with Crippen LogP contribution in [-0.2, 0) is 0 Å². The number of halogens is 1. The minimum absolute atomic E-state index is 0.0844.